The van der Waals surface area contributed by atoms with E-state index in [4.69, 9.17) is 5.73 Å². The van der Waals surface area contributed by atoms with E-state index in [1.165, 1.54) is 21.6 Å². The van der Waals surface area contributed by atoms with E-state index < -0.39 is 0 Å². The molecule has 1 aliphatic heterocycles. The van der Waals surface area contributed by atoms with Gasteiger partial charge in [0.2, 0.25) is 0 Å². The molecule has 0 fully saturated rings. The fourth-order valence-corrected chi connectivity index (χ4v) is 5.27. The van der Waals surface area contributed by atoms with Gasteiger partial charge in [0, 0.05) is 21.2 Å². The van der Waals surface area contributed by atoms with Crippen molar-refractivity contribution < 1.29 is 4.79 Å². The monoisotopic (exact) mass is 344 g/mol. The molecule has 4 rings (SSSR count). The number of amides is 1. The van der Waals surface area contributed by atoms with E-state index in [-0.39, 0.29) is 5.91 Å². The highest BCUT2D eigenvalue weighted by atomic mass is 32.1. The minimum Gasteiger partial charge on any atom is -0.383 e. The molecule has 4 heterocycles. The van der Waals surface area contributed by atoms with Crippen molar-refractivity contribution in [1.29, 1.82) is 0 Å². The van der Waals surface area contributed by atoms with E-state index in [2.05, 4.69) is 9.97 Å². The fraction of sp³-hybridized carbons (Fsp3) is 0.312. The van der Waals surface area contributed by atoms with Gasteiger partial charge in [-0.1, -0.05) is 0 Å². The molecule has 3 aromatic rings. The summed E-state index contributed by atoms with van der Waals surface area (Å²) in [7, 11) is 0. The maximum atomic E-state index is 12.8. The minimum absolute atomic E-state index is 0.119. The maximum absolute atomic E-state index is 12.8. The zero-order valence-electron chi connectivity index (χ0n) is 12.9. The van der Waals surface area contributed by atoms with Crippen LogP contribution in [0.2, 0.25) is 0 Å². The fourth-order valence-electron chi connectivity index (χ4n) is 3.14. The summed E-state index contributed by atoms with van der Waals surface area (Å²) in [5.41, 5.74) is 8.05. The Morgan fingerprint density at radius 3 is 2.87 bits per heavy atom. The average molecular weight is 344 g/mol. The van der Waals surface area contributed by atoms with Gasteiger partial charge in [0.15, 0.2) is 0 Å². The molecule has 3 aromatic heterocycles. The van der Waals surface area contributed by atoms with Gasteiger partial charge in [-0.05, 0) is 31.9 Å². The molecule has 118 valence electrons. The molecule has 0 bridgehead atoms. The SMILES string of the molecule is Cc1cc(C(=O)N2CCc3c(sc4ncnc(N)c34)C2)c(C)s1. The van der Waals surface area contributed by atoms with Gasteiger partial charge in [0.05, 0.1) is 17.5 Å². The molecule has 0 radical (unpaired) electrons. The molecule has 7 heteroatoms. The van der Waals surface area contributed by atoms with Crippen molar-refractivity contribution >= 4 is 44.6 Å². The molecule has 0 aromatic carbocycles. The Balaban J connectivity index is 1.69. The van der Waals surface area contributed by atoms with E-state index in [1.807, 2.05) is 24.8 Å². The number of nitrogens with two attached hydrogens (primary N) is 1. The van der Waals surface area contributed by atoms with Gasteiger partial charge in [-0.3, -0.25) is 4.79 Å². The van der Waals surface area contributed by atoms with Gasteiger partial charge in [0.25, 0.3) is 5.91 Å². The number of rotatable bonds is 1. The average Bonchev–Trinajstić information content (AvgIpc) is 3.06. The summed E-state index contributed by atoms with van der Waals surface area (Å²) in [6.45, 7) is 5.38. The van der Waals surface area contributed by atoms with Crippen LogP contribution >= 0.6 is 22.7 Å². The third-order valence-electron chi connectivity index (χ3n) is 4.22. The predicted octanol–water partition coefficient (Wildman–Crippen LogP) is 3.15. The highest BCUT2D eigenvalue weighted by molar-refractivity contribution is 7.19. The van der Waals surface area contributed by atoms with Crippen LogP contribution in [0.5, 0.6) is 0 Å². The zero-order valence-corrected chi connectivity index (χ0v) is 14.6. The number of nitrogens with zero attached hydrogens (tertiary/aromatic N) is 3. The van der Waals surface area contributed by atoms with Gasteiger partial charge >= 0.3 is 0 Å². The van der Waals surface area contributed by atoms with Crippen LogP contribution in [0, 0.1) is 13.8 Å². The number of thiophene rings is 2. The third kappa shape index (κ3) is 2.31. The highest BCUT2D eigenvalue weighted by Crippen LogP contribution is 2.36. The smallest absolute Gasteiger partial charge is 0.255 e. The van der Waals surface area contributed by atoms with E-state index in [9.17, 15) is 4.79 Å². The molecular weight excluding hydrogens is 328 g/mol. The van der Waals surface area contributed by atoms with Gasteiger partial charge in [-0.25, -0.2) is 9.97 Å². The summed E-state index contributed by atoms with van der Waals surface area (Å²) in [4.78, 5) is 27.5. The van der Waals surface area contributed by atoms with Crippen molar-refractivity contribution in [3.8, 4) is 0 Å². The van der Waals surface area contributed by atoms with Gasteiger partial charge < -0.3 is 10.6 Å². The van der Waals surface area contributed by atoms with Crippen molar-refractivity contribution in [3.63, 3.8) is 0 Å². The molecule has 5 nitrogen and oxygen atoms in total. The summed E-state index contributed by atoms with van der Waals surface area (Å²) in [5, 5.41) is 0.974. The number of aromatic nitrogens is 2. The summed E-state index contributed by atoms with van der Waals surface area (Å²) in [6.07, 6.45) is 2.31. The second-order valence-electron chi connectivity index (χ2n) is 5.75. The Hall–Kier alpha value is -1.99. The van der Waals surface area contributed by atoms with Crippen LogP contribution in [-0.2, 0) is 13.0 Å². The number of nitrogen functional groups attached to an aromatic ring is 1. The molecule has 0 atom stereocenters. The molecule has 0 spiro atoms. The molecule has 0 saturated heterocycles. The van der Waals surface area contributed by atoms with Crippen LogP contribution in [0.15, 0.2) is 12.4 Å². The lowest BCUT2D eigenvalue weighted by atomic mass is 10.0. The Bertz CT molecular complexity index is 928. The zero-order chi connectivity index (χ0) is 16.1. The molecule has 0 aliphatic carbocycles. The lowest BCUT2D eigenvalue weighted by Crippen LogP contribution is -2.35. The first-order valence-electron chi connectivity index (χ1n) is 7.41. The van der Waals surface area contributed by atoms with Crippen LogP contribution in [0.25, 0.3) is 10.2 Å². The number of aryl methyl sites for hydroxylation is 2. The minimum atomic E-state index is 0.119. The van der Waals surface area contributed by atoms with Crippen molar-refractivity contribution in [3.05, 3.63) is 38.2 Å². The summed E-state index contributed by atoms with van der Waals surface area (Å²) in [6, 6.07) is 1.99. The first kappa shape index (κ1) is 14.6. The van der Waals surface area contributed by atoms with Gasteiger partial charge in [0.1, 0.15) is 17.0 Å². The number of carbonyl (C=O) groups excluding carboxylic acids is 1. The quantitative estimate of drug-likeness (QED) is 0.736. The summed E-state index contributed by atoms with van der Waals surface area (Å²) in [5.74, 6) is 0.658. The van der Waals surface area contributed by atoms with Crippen LogP contribution in [0.1, 0.15) is 30.6 Å². The molecule has 23 heavy (non-hydrogen) atoms. The van der Waals surface area contributed by atoms with E-state index in [0.717, 1.165) is 27.1 Å². The Morgan fingerprint density at radius 1 is 1.30 bits per heavy atom. The van der Waals surface area contributed by atoms with Crippen molar-refractivity contribution in [2.75, 3.05) is 12.3 Å². The standard InChI is InChI=1S/C16H16N4OS2/c1-8-5-11(9(2)22-8)16(21)20-4-3-10-12(6-20)23-15-13(10)14(17)18-7-19-15/h5,7H,3-4,6H2,1-2H3,(H2,17,18,19). The maximum Gasteiger partial charge on any atom is 0.255 e. The van der Waals surface area contributed by atoms with Crippen LogP contribution < -0.4 is 5.73 Å². The lowest BCUT2D eigenvalue weighted by molar-refractivity contribution is 0.0737. The Morgan fingerprint density at radius 2 is 2.13 bits per heavy atom. The lowest BCUT2D eigenvalue weighted by Gasteiger charge is -2.27. The normalized spacial score (nSPS) is 14.3. The number of carbonyl (C=O) groups is 1. The van der Waals surface area contributed by atoms with E-state index in [0.29, 0.717) is 18.9 Å². The Kier molecular flexibility index (Phi) is 3.35. The van der Waals surface area contributed by atoms with Gasteiger partial charge in [-0.15, -0.1) is 22.7 Å². The molecular formula is C16H16N4OS2. The number of anilines is 1. The number of hydrogen-bond acceptors (Lipinski definition) is 6. The summed E-state index contributed by atoms with van der Waals surface area (Å²) >= 11 is 3.29. The second-order valence-corrected chi connectivity index (χ2v) is 8.29. The number of hydrogen-bond donors (Lipinski definition) is 1. The topological polar surface area (TPSA) is 72.1 Å². The molecule has 1 amide bonds. The summed E-state index contributed by atoms with van der Waals surface area (Å²) < 4.78 is 0. The van der Waals surface area contributed by atoms with Crippen LogP contribution in [-0.4, -0.2) is 27.3 Å². The highest BCUT2D eigenvalue weighted by Gasteiger charge is 2.27. The van der Waals surface area contributed by atoms with E-state index >= 15 is 0 Å². The number of fused-ring (bicyclic) bond motifs is 3. The van der Waals surface area contributed by atoms with Crippen molar-refractivity contribution in [2.45, 2.75) is 26.8 Å². The van der Waals surface area contributed by atoms with Crippen LogP contribution in [0.3, 0.4) is 0 Å². The van der Waals surface area contributed by atoms with E-state index in [1.54, 1.807) is 22.7 Å². The van der Waals surface area contributed by atoms with Crippen molar-refractivity contribution in [1.82, 2.24) is 14.9 Å². The molecule has 0 saturated carbocycles. The third-order valence-corrected chi connectivity index (χ3v) is 6.32. The molecule has 2 N–H and O–H groups in total. The van der Waals surface area contributed by atoms with Gasteiger partial charge in [-0.2, -0.15) is 0 Å². The first-order valence-corrected chi connectivity index (χ1v) is 9.05. The Labute approximate surface area is 141 Å². The molecule has 1 aliphatic rings. The largest absolute Gasteiger partial charge is 0.383 e. The second kappa shape index (κ2) is 5.28. The van der Waals surface area contributed by atoms with Crippen LogP contribution in [0.4, 0.5) is 5.82 Å². The first-order chi connectivity index (χ1) is 11.0. The van der Waals surface area contributed by atoms with Crippen molar-refractivity contribution in [2.24, 2.45) is 0 Å². The predicted molar refractivity (Wildman–Crippen MR) is 94.1 cm³/mol. The molecule has 0 unspecified atom stereocenters.